The van der Waals surface area contributed by atoms with Gasteiger partial charge in [0.25, 0.3) is 5.56 Å². The maximum absolute atomic E-state index is 12.5. The zero-order valence-corrected chi connectivity index (χ0v) is 19.6. The molecule has 0 saturated heterocycles. The SMILES string of the molecule is CCCCCCCCCn1c(N/N=C\c2ccc(Br)cc2)nc2c1c(=O)[nH]c(=O)n2C. The summed E-state index contributed by atoms with van der Waals surface area (Å²) in [5, 5.41) is 4.28. The summed E-state index contributed by atoms with van der Waals surface area (Å²) in [5.74, 6) is 0.445. The number of fused-ring (bicyclic) bond motifs is 1. The fraction of sp³-hybridized carbons (Fsp3) is 0.455. The Labute approximate surface area is 189 Å². The van der Waals surface area contributed by atoms with Crippen molar-refractivity contribution in [1.29, 1.82) is 0 Å². The Morgan fingerprint density at radius 2 is 1.77 bits per heavy atom. The highest BCUT2D eigenvalue weighted by Gasteiger charge is 2.16. The van der Waals surface area contributed by atoms with Gasteiger partial charge in [0.2, 0.25) is 5.95 Å². The van der Waals surface area contributed by atoms with E-state index in [9.17, 15) is 9.59 Å². The molecule has 0 aliphatic carbocycles. The Kier molecular flexibility index (Phi) is 8.22. The van der Waals surface area contributed by atoms with E-state index in [1.165, 1.54) is 36.7 Å². The van der Waals surface area contributed by atoms with Gasteiger partial charge in [-0.25, -0.2) is 10.2 Å². The number of halogens is 1. The average Bonchev–Trinajstić information content (AvgIpc) is 3.12. The fourth-order valence-electron chi connectivity index (χ4n) is 3.48. The second-order valence-electron chi connectivity index (χ2n) is 7.62. The molecule has 2 heterocycles. The molecule has 3 rings (SSSR count). The first-order valence-electron chi connectivity index (χ1n) is 10.8. The van der Waals surface area contributed by atoms with Crippen molar-refractivity contribution >= 4 is 39.3 Å². The van der Waals surface area contributed by atoms with Crippen molar-refractivity contribution in [2.45, 2.75) is 58.4 Å². The van der Waals surface area contributed by atoms with E-state index in [-0.39, 0.29) is 0 Å². The van der Waals surface area contributed by atoms with Gasteiger partial charge in [0.1, 0.15) is 0 Å². The molecule has 0 aliphatic heterocycles. The van der Waals surface area contributed by atoms with Gasteiger partial charge in [-0.2, -0.15) is 10.1 Å². The average molecular weight is 489 g/mol. The molecule has 3 aromatic rings. The summed E-state index contributed by atoms with van der Waals surface area (Å²) in [5.41, 5.74) is 3.69. The lowest BCUT2D eigenvalue weighted by Crippen LogP contribution is -2.29. The van der Waals surface area contributed by atoms with Gasteiger partial charge < -0.3 is 4.57 Å². The largest absolute Gasteiger partial charge is 0.329 e. The van der Waals surface area contributed by atoms with Crippen LogP contribution in [-0.2, 0) is 13.6 Å². The van der Waals surface area contributed by atoms with Crippen molar-refractivity contribution in [3.8, 4) is 0 Å². The third kappa shape index (κ3) is 5.94. The number of rotatable bonds is 11. The quantitative estimate of drug-likeness (QED) is 0.237. The Hall–Kier alpha value is -2.68. The number of aryl methyl sites for hydroxylation is 2. The molecular formula is C22H29BrN6O2. The summed E-state index contributed by atoms with van der Waals surface area (Å²) in [4.78, 5) is 31.4. The molecule has 0 fully saturated rings. The van der Waals surface area contributed by atoms with Gasteiger partial charge in [-0.15, -0.1) is 0 Å². The number of benzene rings is 1. The van der Waals surface area contributed by atoms with Gasteiger partial charge >= 0.3 is 5.69 Å². The maximum Gasteiger partial charge on any atom is 0.329 e. The lowest BCUT2D eigenvalue weighted by molar-refractivity contribution is 0.556. The first kappa shape index (κ1) is 23.0. The lowest BCUT2D eigenvalue weighted by Gasteiger charge is -2.08. The molecule has 0 spiro atoms. The molecule has 0 unspecified atom stereocenters. The zero-order valence-electron chi connectivity index (χ0n) is 18.0. The van der Waals surface area contributed by atoms with Gasteiger partial charge in [-0.1, -0.05) is 73.5 Å². The van der Waals surface area contributed by atoms with Crippen LogP contribution in [0.25, 0.3) is 11.2 Å². The molecule has 166 valence electrons. The van der Waals surface area contributed by atoms with Crippen LogP contribution in [0.4, 0.5) is 5.95 Å². The highest BCUT2D eigenvalue weighted by Crippen LogP contribution is 2.17. The molecule has 9 heteroatoms. The summed E-state index contributed by atoms with van der Waals surface area (Å²) in [6.45, 7) is 2.84. The summed E-state index contributed by atoms with van der Waals surface area (Å²) in [6.07, 6.45) is 9.87. The van der Waals surface area contributed by atoms with E-state index in [4.69, 9.17) is 0 Å². The number of imidazole rings is 1. The number of unbranched alkanes of at least 4 members (excludes halogenated alkanes) is 6. The molecule has 0 bridgehead atoms. The van der Waals surface area contributed by atoms with Crippen molar-refractivity contribution in [2.75, 3.05) is 5.43 Å². The van der Waals surface area contributed by atoms with Gasteiger partial charge in [-0.05, 0) is 24.1 Å². The topological polar surface area (TPSA) is 97.1 Å². The normalized spacial score (nSPS) is 11.6. The van der Waals surface area contributed by atoms with Crippen LogP contribution in [0, 0.1) is 0 Å². The Balaban J connectivity index is 1.79. The highest BCUT2D eigenvalue weighted by atomic mass is 79.9. The Bertz CT molecular complexity index is 1140. The van der Waals surface area contributed by atoms with Gasteiger partial charge in [0.15, 0.2) is 11.2 Å². The number of aromatic amines is 1. The number of hydrogen-bond acceptors (Lipinski definition) is 5. The van der Waals surface area contributed by atoms with Crippen molar-refractivity contribution in [3.63, 3.8) is 0 Å². The molecule has 0 saturated carbocycles. The van der Waals surface area contributed by atoms with Crippen LogP contribution >= 0.6 is 15.9 Å². The maximum atomic E-state index is 12.5. The van der Waals surface area contributed by atoms with E-state index < -0.39 is 11.2 Å². The third-order valence-electron chi connectivity index (χ3n) is 5.24. The van der Waals surface area contributed by atoms with E-state index >= 15 is 0 Å². The smallest absolute Gasteiger partial charge is 0.303 e. The molecule has 0 aliphatic rings. The van der Waals surface area contributed by atoms with Crippen molar-refractivity contribution < 1.29 is 0 Å². The first-order valence-corrected chi connectivity index (χ1v) is 11.5. The van der Waals surface area contributed by atoms with Crippen LogP contribution in [0.1, 0.15) is 57.4 Å². The van der Waals surface area contributed by atoms with Gasteiger partial charge in [0, 0.05) is 18.1 Å². The second kappa shape index (κ2) is 11.1. The van der Waals surface area contributed by atoms with Gasteiger partial charge in [0.05, 0.1) is 6.21 Å². The number of aromatic nitrogens is 4. The molecule has 2 N–H and O–H groups in total. The second-order valence-corrected chi connectivity index (χ2v) is 8.54. The summed E-state index contributed by atoms with van der Waals surface area (Å²) < 4.78 is 4.16. The molecule has 31 heavy (non-hydrogen) atoms. The first-order chi connectivity index (χ1) is 15.0. The molecule has 1 aromatic carbocycles. The Morgan fingerprint density at radius 1 is 1.10 bits per heavy atom. The van der Waals surface area contributed by atoms with Crippen molar-refractivity contribution in [1.82, 2.24) is 19.1 Å². The predicted octanol–water partition coefficient (Wildman–Crippen LogP) is 4.38. The van der Waals surface area contributed by atoms with E-state index in [2.05, 4.69) is 43.3 Å². The zero-order chi connectivity index (χ0) is 22.2. The number of nitrogens with zero attached hydrogens (tertiary/aromatic N) is 4. The van der Waals surface area contributed by atoms with Crippen LogP contribution < -0.4 is 16.7 Å². The molecular weight excluding hydrogens is 460 g/mol. The van der Waals surface area contributed by atoms with E-state index in [1.807, 2.05) is 28.8 Å². The monoisotopic (exact) mass is 488 g/mol. The predicted molar refractivity (Wildman–Crippen MR) is 129 cm³/mol. The third-order valence-corrected chi connectivity index (χ3v) is 5.77. The Morgan fingerprint density at radius 3 is 2.48 bits per heavy atom. The molecule has 2 aromatic heterocycles. The van der Waals surface area contributed by atoms with Crippen LogP contribution in [0.15, 0.2) is 43.4 Å². The summed E-state index contributed by atoms with van der Waals surface area (Å²) >= 11 is 3.41. The summed E-state index contributed by atoms with van der Waals surface area (Å²) in [6, 6.07) is 7.75. The fourth-order valence-corrected chi connectivity index (χ4v) is 3.74. The van der Waals surface area contributed by atoms with Gasteiger partial charge in [-0.3, -0.25) is 14.3 Å². The van der Waals surface area contributed by atoms with E-state index in [1.54, 1.807) is 13.3 Å². The van der Waals surface area contributed by atoms with Crippen molar-refractivity contribution in [3.05, 3.63) is 55.1 Å². The van der Waals surface area contributed by atoms with Crippen LogP contribution in [0.3, 0.4) is 0 Å². The standard InChI is InChI=1S/C22H29BrN6O2/c1-3-4-5-6-7-8-9-14-29-18-19(28(2)22(31)26-20(18)30)25-21(29)27-24-15-16-10-12-17(23)13-11-16/h10-13,15H,3-9,14H2,1-2H3,(H,25,27)(H,26,30,31)/b24-15-. The number of anilines is 1. The summed E-state index contributed by atoms with van der Waals surface area (Å²) in [7, 11) is 1.60. The molecule has 0 radical (unpaired) electrons. The van der Waals surface area contributed by atoms with E-state index in [0.29, 0.717) is 23.7 Å². The molecule has 0 atom stereocenters. The lowest BCUT2D eigenvalue weighted by atomic mass is 10.1. The van der Waals surface area contributed by atoms with Crippen LogP contribution in [0.2, 0.25) is 0 Å². The van der Waals surface area contributed by atoms with Crippen LogP contribution in [0.5, 0.6) is 0 Å². The minimum absolute atomic E-state index is 0.345. The number of nitrogens with one attached hydrogen (secondary N) is 2. The molecule has 8 nitrogen and oxygen atoms in total. The number of hydrazone groups is 1. The number of hydrogen-bond donors (Lipinski definition) is 2. The highest BCUT2D eigenvalue weighted by molar-refractivity contribution is 9.10. The minimum atomic E-state index is -0.483. The van der Waals surface area contributed by atoms with Crippen molar-refractivity contribution in [2.24, 2.45) is 12.1 Å². The van der Waals surface area contributed by atoms with E-state index in [0.717, 1.165) is 22.9 Å². The minimum Gasteiger partial charge on any atom is -0.303 e. The number of H-pyrrole nitrogens is 1. The van der Waals surface area contributed by atoms with Crippen LogP contribution in [-0.4, -0.2) is 25.3 Å². The molecule has 0 amide bonds.